The van der Waals surface area contributed by atoms with E-state index in [1.165, 1.54) is 5.56 Å². The van der Waals surface area contributed by atoms with E-state index in [2.05, 4.69) is 46.3 Å². The first-order valence-corrected chi connectivity index (χ1v) is 13.5. The Morgan fingerprint density at radius 3 is 2.34 bits per heavy atom. The number of fused-ring (bicyclic) bond motifs is 2. The number of nitrogens with zero attached hydrogens (tertiary/aromatic N) is 6. The van der Waals surface area contributed by atoms with Gasteiger partial charge in [-0.15, -0.1) is 24.8 Å². The maximum absolute atomic E-state index is 13.3. The van der Waals surface area contributed by atoms with Crippen LogP contribution in [0.15, 0.2) is 67.0 Å². The van der Waals surface area contributed by atoms with Gasteiger partial charge in [0, 0.05) is 58.1 Å². The Labute approximate surface area is 254 Å². The van der Waals surface area contributed by atoms with Crippen LogP contribution < -0.4 is 9.80 Å². The minimum Gasteiger partial charge on any atom is -0.313 e. The maximum atomic E-state index is 13.3. The van der Waals surface area contributed by atoms with Crippen molar-refractivity contribution in [1.82, 2.24) is 19.7 Å². The first-order valence-electron chi connectivity index (χ1n) is 13.5. The summed E-state index contributed by atoms with van der Waals surface area (Å²) < 4.78 is 1.94. The molecule has 2 aromatic carbocycles. The fourth-order valence-electron chi connectivity index (χ4n) is 5.47. The van der Waals surface area contributed by atoms with E-state index < -0.39 is 5.41 Å². The summed E-state index contributed by atoms with van der Waals surface area (Å²) in [5.74, 6) is -0.372. The van der Waals surface area contributed by atoms with Crippen molar-refractivity contribution in [2.75, 3.05) is 29.9 Å². The van der Waals surface area contributed by atoms with Crippen molar-refractivity contribution in [2.24, 2.45) is 12.5 Å². The van der Waals surface area contributed by atoms with Crippen LogP contribution >= 0.6 is 24.8 Å². The van der Waals surface area contributed by atoms with Gasteiger partial charge in [-0.1, -0.05) is 30.3 Å². The quantitative estimate of drug-likeness (QED) is 0.254. The average molecular weight is 598 g/mol. The molecule has 0 saturated heterocycles. The predicted octanol–water partition coefficient (Wildman–Crippen LogP) is 5.41. The molecule has 4 aromatic rings. The molecule has 0 radical (unpaired) electrons. The maximum Gasteiger partial charge on any atom is 0.242 e. The van der Waals surface area contributed by atoms with Crippen molar-refractivity contribution in [2.45, 2.75) is 40.3 Å². The summed E-state index contributed by atoms with van der Waals surface area (Å²) in [6, 6.07) is 18.5. The fraction of sp³-hybridized carbons (Fsp3) is 0.355. The molecule has 1 aliphatic rings. The molecule has 3 heterocycles. The van der Waals surface area contributed by atoms with E-state index in [-0.39, 0.29) is 36.6 Å². The summed E-state index contributed by atoms with van der Waals surface area (Å²) in [4.78, 5) is 36.6. The smallest absolute Gasteiger partial charge is 0.242 e. The van der Waals surface area contributed by atoms with Crippen molar-refractivity contribution >= 4 is 58.9 Å². The number of para-hydroxylation sites is 1. The number of anilines is 2. The van der Waals surface area contributed by atoms with Crippen LogP contribution in [-0.2, 0) is 36.1 Å². The lowest BCUT2D eigenvalue weighted by atomic mass is 9.90. The predicted molar refractivity (Wildman–Crippen MR) is 169 cm³/mol. The van der Waals surface area contributed by atoms with Gasteiger partial charge in [-0.25, -0.2) is 0 Å². The molecule has 0 saturated carbocycles. The number of aryl methyl sites for hydroxylation is 1. The van der Waals surface area contributed by atoms with Gasteiger partial charge in [-0.3, -0.25) is 24.2 Å². The van der Waals surface area contributed by atoms with Gasteiger partial charge in [0.25, 0.3) is 0 Å². The summed E-state index contributed by atoms with van der Waals surface area (Å²) in [5, 5.41) is 5.99. The number of benzene rings is 2. The third-order valence-corrected chi connectivity index (χ3v) is 7.68. The second-order valence-corrected chi connectivity index (χ2v) is 10.8. The van der Waals surface area contributed by atoms with Gasteiger partial charge in [-0.2, -0.15) is 5.10 Å². The molecule has 5 rings (SSSR count). The van der Waals surface area contributed by atoms with Crippen molar-refractivity contribution in [3.63, 3.8) is 0 Å². The van der Waals surface area contributed by atoms with Gasteiger partial charge in [0.1, 0.15) is 5.41 Å². The van der Waals surface area contributed by atoms with E-state index in [0.717, 1.165) is 46.5 Å². The molecular formula is C31H38Cl2N6O2. The number of rotatable bonds is 8. The molecule has 8 nitrogen and oxygen atoms in total. The summed E-state index contributed by atoms with van der Waals surface area (Å²) >= 11 is 0. The lowest BCUT2D eigenvalue weighted by Gasteiger charge is -2.27. The highest BCUT2D eigenvalue weighted by atomic mass is 35.5. The molecule has 0 N–H and O–H groups in total. The summed E-state index contributed by atoms with van der Waals surface area (Å²) in [7, 11) is 3.74. The number of aromatic nitrogens is 3. The van der Waals surface area contributed by atoms with Crippen LogP contribution in [0.25, 0.3) is 10.9 Å². The number of pyridine rings is 1. The number of hydrogen-bond donors (Lipinski definition) is 0. The van der Waals surface area contributed by atoms with Gasteiger partial charge in [0.05, 0.1) is 22.6 Å². The second-order valence-electron chi connectivity index (χ2n) is 10.8. The van der Waals surface area contributed by atoms with Crippen LogP contribution in [0.4, 0.5) is 11.4 Å². The highest BCUT2D eigenvalue weighted by Crippen LogP contribution is 2.39. The molecule has 0 spiro atoms. The van der Waals surface area contributed by atoms with Crippen LogP contribution in [0.2, 0.25) is 0 Å². The first kappa shape index (κ1) is 32.1. The standard InChI is InChI=1S/C31H36N6O2.2ClH/c1-6-37-27-14-13-23(18-28(27)34(4)29(38)31(2,3)30(37)39)20-36(17-15-22-10-9-16-32-19-22)21-25-24-11-7-8-12-26(24)35(5)33-25;;/h7-14,16,18-19H,6,15,17,20-21H2,1-5H3;2*1H. The van der Waals surface area contributed by atoms with Gasteiger partial charge >= 0.3 is 0 Å². The van der Waals surface area contributed by atoms with Crippen molar-refractivity contribution < 1.29 is 9.59 Å². The van der Waals surface area contributed by atoms with Gasteiger partial charge in [0.15, 0.2) is 0 Å². The zero-order valence-corrected chi connectivity index (χ0v) is 25.8. The number of carbonyl (C=O) groups excluding carboxylic acids is 2. The van der Waals surface area contributed by atoms with Crippen molar-refractivity contribution in [3.8, 4) is 0 Å². The number of hydrogen-bond acceptors (Lipinski definition) is 5. The average Bonchev–Trinajstić information content (AvgIpc) is 3.24. The molecule has 1 aliphatic heterocycles. The van der Waals surface area contributed by atoms with E-state index in [4.69, 9.17) is 5.10 Å². The Bertz CT molecular complexity index is 1520. The molecule has 2 amide bonds. The third-order valence-electron chi connectivity index (χ3n) is 7.68. The molecule has 2 aromatic heterocycles. The van der Waals surface area contributed by atoms with E-state index in [9.17, 15) is 9.59 Å². The minimum absolute atomic E-state index is 0. The Hall–Kier alpha value is -3.46. The monoisotopic (exact) mass is 596 g/mol. The first-order chi connectivity index (χ1) is 18.7. The summed E-state index contributed by atoms with van der Waals surface area (Å²) in [6.07, 6.45) is 4.56. The molecule has 0 unspecified atom stereocenters. The molecular weight excluding hydrogens is 559 g/mol. The van der Waals surface area contributed by atoms with Crippen LogP contribution in [0, 0.1) is 5.41 Å². The van der Waals surface area contributed by atoms with E-state index in [1.807, 2.05) is 43.0 Å². The van der Waals surface area contributed by atoms with Crippen LogP contribution in [0.1, 0.15) is 37.6 Å². The van der Waals surface area contributed by atoms with Crippen LogP contribution in [-0.4, -0.2) is 51.6 Å². The minimum atomic E-state index is -1.13. The number of halogens is 2. The third kappa shape index (κ3) is 6.25. The van der Waals surface area contributed by atoms with E-state index >= 15 is 0 Å². The molecule has 218 valence electrons. The molecule has 0 bridgehead atoms. The summed E-state index contributed by atoms with van der Waals surface area (Å²) in [5.41, 5.74) is 4.80. The Morgan fingerprint density at radius 1 is 0.878 bits per heavy atom. The Balaban J connectivity index is 0.00000231. The molecule has 10 heteroatoms. The highest BCUT2D eigenvalue weighted by Gasteiger charge is 2.45. The van der Waals surface area contributed by atoms with Crippen molar-refractivity contribution in [1.29, 1.82) is 0 Å². The summed E-state index contributed by atoms with van der Waals surface area (Å²) in [6.45, 7) is 8.03. The fourth-order valence-corrected chi connectivity index (χ4v) is 5.47. The molecule has 41 heavy (non-hydrogen) atoms. The lowest BCUT2D eigenvalue weighted by Crippen LogP contribution is -2.47. The second kappa shape index (κ2) is 13.0. The molecule has 0 fully saturated rings. The van der Waals surface area contributed by atoms with Gasteiger partial charge < -0.3 is 9.80 Å². The van der Waals surface area contributed by atoms with E-state index in [1.54, 1.807) is 36.9 Å². The normalized spacial score (nSPS) is 14.5. The largest absolute Gasteiger partial charge is 0.313 e. The lowest BCUT2D eigenvalue weighted by molar-refractivity contribution is -0.137. The molecule has 0 atom stereocenters. The van der Waals surface area contributed by atoms with Gasteiger partial charge in [0.2, 0.25) is 11.8 Å². The Kier molecular flexibility index (Phi) is 10.2. The number of carbonyl (C=O) groups is 2. The number of amides is 2. The highest BCUT2D eigenvalue weighted by molar-refractivity contribution is 6.19. The zero-order valence-electron chi connectivity index (χ0n) is 24.2. The zero-order chi connectivity index (χ0) is 27.7. The van der Waals surface area contributed by atoms with Crippen LogP contribution in [0.3, 0.4) is 0 Å². The topological polar surface area (TPSA) is 74.6 Å². The van der Waals surface area contributed by atoms with Gasteiger partial charge in [-0.05, 0) is 62.6 Å². The van der Waals surface area contributed by atoms with Crippen LogP contribution in [0.5, 0.6) is 0 Å². The molecule has 0 aliphatic carbocycles. The van der Waals surface area contributed by atoms with Crippen molar-refractivity contribution in [3.05, 3.63) is 83.8 Å². The Morgan fingerprint density at radius 2 is 1.63 bits per heavy atom. The SMILES string of the molecule is CCN1C(=O)C(C)(C)C(=O)N(C)c2cc(CN(CCc3cccnc3)Cc3nn(C)c4ccccc34)ccc21.Cl.Cl. The van der Waals surface area contributed by atoms with E-state index in [0.29, 0.717) is 19.6 Å².